The molecule has 0 fully saturated rings. The van der Waals surface area contributed by atoms with Gasteiger partial charge in [-0.1, -0.05) is 24.3 Å². The van der Waals surface area contributed by atoms with Crippen molar-refractivity contribution in [2.45, 2.75) is 25.9 Å². The second kappa shape index (κ2) is 6.23. The predicted molar refractivity (Wildman–Crippen MR) is 79.2 cm³/mol. The smallest absolute Gasteiger partial charge is 0.115 e. The molecule has 3 nitrogen and oxygen atoms in total. The van der Waals surface area contributed by atoms with E-state index in [1.165, 1.54) is 0 Å². The highest BCUT2D eigenvalue weighted by Gasteiger charge is 2.11. The summed E-state index contributed by atoms with van der Waals surface area (Å²) in [5, 5.41) is 21.8. The number of nitriles is 1. The topological polar surface area (TPSA) is 56.0 Å². The molecule has 2 unspecified atom stereocenters. The average Bonchev–Trinajstić information content (AvgIpc) is 2.47. The molecule has 0 saturated carbocycles. The number of hydrogen-bond acceptors (Lipinski definition) is 3. The van der Waals surface area contributed by atoms with Crippen LogP contribution in [-0.4, -0.2) is 5.11 Å². The molecule has 3 heteroatoms. The highest BCUT2D eigenvalue weighted by molar-refractivity contribution is 5.33. The van der Waals surface area contributed by atoms with E-state index in [2.05, 4.69) is 25.2 Å². The summed E-state index contributed by atoms with van der Waals surface area (Å²) in [4.78, 5) is 0. The molecule has 2 N–H and O–H groups in total. The van der Waals surface area contributed by atoms with E-state index >= 15 is 0 Å². The van der Waals surface area contributed by atoms with Crippen LogP contribution in [0.15, 0.2) is 48.5 Å². The Morgan fingerprint density at radius 3 is 2.25 bits per heavy atom. The normalized spacial score (nSPS) is 13.4. The summed E-state index contributed by atoms with van der Waals surface area (Å²) < 4.78 is 0. The maximum absolute atomic E-state index is 9.51. The van der Waals surface area contributed by atoms with Crippen molar-refractivity contribution in [1.82, 2.24) is 5.32 Å². The third-order valence-electron chi connectivity index (χ3n) is 3.41. The summed E-state index contributed by atoms with van der Waals surface area (Å²) in [6, 6.07) is 17.3. The van der Waals surface area contributed by atoms with Gasteiger partial charge in [-0.05, 0) is 49.2 Å². The van der Waals surface area contributed by atoms with Crippen LogP contribution in [0.25, 0.3) is 0 Å². The molecule has 0 saturated heterocycles. The number of nitrogens with zero attached hydrogens (tertiary/aromatic N) is 1. The van der Waals surface area contributed by atoms with Crippen molar-refractivity contribution in [3.8, 4) is 11.8 Å². The van der Waals surface area contributed by atoms with Crippen LogP contribution in [0.5, 0.6) is 5.75 Å². The van der Waals surface area contributed by atoms with Crippen LogP contribution in [0, 0.1) is 11.3 Å². The molecule has 102 valence electrons. The van der Waals surface area contributed by atoms with Gasteiger partial charge in [0.1, 0.15) is 5.75 Å². The molecule has 2 aromatic rings. The summed E-state index contributed by atoms with van der Waals surface area (Å²) in [6.45, 7) is 4.15. The largest absolute Gasteiger partial charge is 0.508 e. The van der Waals surface area contributed by atoms with E-state index in [0.717, 1.165) is 11.1 Å². The molecular formula is C17H18N2O. The Hall–Kier alpha value is -2.31. The molecule has 0 aromatic heterocycles. The van der Waals surface area contributed by atoms with Crippen molar-refractivity contribution in [2.75, 3.05) is 0 Å². The minimum absolute atomic E-state index is 0.132. The molecule has 0 aliphatic heterocycles. The Kier molecular flexibility index (Phi) is 4.39. The van der Waals surface area contributed by atoms with Crippen molar-refractivity contribution in [2.24, 2.45) is 0 Å². The first-order valence-electron chi connectivity index (χ1n) is 6.65. The van der Waals surface area contributed by atoms with E-state index in [0.29, 0.717) is 5.56 Å². The van der Waals surface area contributed by atoms with Crippen LogP contribution < -0.4 is 5.32 Å². The molecule has 0 bridgehead atoms. The van der Waals surface area contributed by atoms with Gasteiger partial charge in [0.25, 0.3) is 0 Å². The summed E-state index contributed by atoms with van der Waals surface area (Å²) in [5.74, 6) is 0.280. The zero-order valence-electron chi connectivity index (χ0n) is 11.7. The van der Waals surface area contributed by atoms with E-state index in [-0.39, 0.29) is 17.8 Å². The fourth-order valence-electron chi connectivity index (χ4n) is 2.21. The predicted octanol–water partition coefficient (Wildman–Crippen LogP) is 3.68. The fourth-order valence-corrected chi connectivity index (χ4v) is 2.21. The number of nitrogens with one attached hydrogen (secondary N) is 1. The maximum atomic E-state index is 9.51. The number of hydrogen-bond donors (Lipinski definition) is 2. The quantitative estimate of drug-likeness (QED) is 0.887. The van der Waals surface area contributed by atoms with E-state index in [1.54, 1.807) is 12.1 Å². The van der Waals surface area contributed by atoms with E-state index in [1.807, 2.05) is 36.4 Å². The van der Waals surface area contributed by atoms with Crippen LogP contribution in [0.1, 0.15) is 42.6 Å². The Morgan fingerprint density at radius 1 is 1.00 bits per heavy atom. The zero-order valence-corrected chi connectivity index (χ0v) is 11.7. The standard InChI is InChI=1S/C17H18N2O/c1-12(15-8-6-14(11-18)7-9-15)19-13(2)16-4-3-5-17(20)10-16/h3-10,12-13,19-20H,1-2H3. The lowest BCUT2D eigenvalue weighted by molar-refractivity contribution is 0.466. The number of aromatic hydroxyl groups is 1. The molecule has 0 amide bonds. The molecule has 2 rings (SSSR count). The lowest BCUT2D eigenvalue weighted by atomic mass is 10.0. The van der Waals surface area contributed by atoms with Crippen molar-refractivity contribution < 1.29 is 5.11 Å². The van der Waals surface area contributed by atoms with Crippen molar-refractivity contribution in [1.29, 1.82) is 5.26 Å². The number of benzene rings is 2. The fraction of sp³-hybridized carbons (Fsp3) is 0.235. The van der Waals surface area contributed by atoms with Gasteiger partial charge in [-0.25, -0.2) is 0 Å². The molecule has 20 heavy (non-hydrogen) atoms. The van der Waals surface area contributed by atoms with Crippen molar-refractivity contribution >= 4 is 0 Å². The van der Waals surface area contributed by atoms with Crippen LogP contribution in [0.4, 0.5) is 0 Å². The molecule has 2 aromatic carbocycles. The van der Waals surface area contributed by atoms with Gasteiger partial charge in [-0.15, -0.1) is 0 Å². The van der Waals surface area contributed by atoms with Gasteiger partial charge in [0, 0.05) is 12.1 Å². The molecule has 0 aliphatic carbocycles. The Morgan fingerprint density at radius 2 is 1.65 bits per heavy atom. The maximum Gasteiger partial charge on any atom is 0.115 e. The van der Waals surface area contributed by atoms with E-state index in [9.17, 15) is 5.11 Å². The third kappa shape index (κ3) is 3.37. The molecule has 0 spiro atoms. The molecule has 2 atom stereocenters. The highest BCUT2D eigenvalue weighted by atomic mass is 16.3. The van der Waals surface area contributed by atoms with Gasteiger partial charge in [0.2, 0.25) is 0 Å². The van der Waals surface area contributed by atoms with Crippen LogP contribution in [0.2, 0.25) is 0 Å². The zero-order chi connectivity index (χ0) is 14.5. The van der Waals surface area contributed by atoms with Crippen LogP contribution in [0.3, 0.4) is 0 Å². The van der Waals surface area contributed by atoms with Gasteiger partial charge in [0.15, 0.2) is 0 Å². The van der Waals surface area contributed by atoms with Gasteiger partial charge in [-0.2, -0.15) is 5.26 Å². The molecule has 0 aliphatic rings. The van der Waals surface area contributed by atoms with Crippen LogP contribution >= 0.6 is 0 Å². The first-order valence-corrected chi connectivity index (χ1v) is 6.65. The lowest BCUT2D eigenvalue weighted by Crippen LogP contribution is -2.22. The average molecular weight is 266 g/mol. The number of rotatable bonds is 4. The minimum Gasteiger partial charge on any atom is -0.508 e. The van der Waals surface area contributed by atoms with Crippen molar-refractivity contribution in [3.05, 3.63) is 65.2 Å². The summed E-state index contributed by atoms with van der Waals surface area (Å²) in [6.07, 6.45) is 0. The van der Waals surface area contributed by atoms with E-state index in [4.69, 9.17) is 5.26 Å². The molecule has 0 heterocycles. The first kappa shape index (κ1) is 14.1. The monoisotopic (exact) mass is 266 g/mol. The van der Waals surface area contributed by atoms with Gasteiger partial charge in [-0.3, -0.25) is 0 Å². The van der Waals surface area contributed by atoms with Gasteiger partial charge >= 0.3 is 0 Å². The van der Waals surface area contributed by atoms with Crippen molar-refractivity contribution in [3.63, 3.8) is 0 Å². The second-order valence-corrected chi connectivity index (χ2v) is 4.94. The first-order chi connectivity index (χ1) is 9.60. The van der Waals surface area contributed by atoms with Gasteiger partial charge < -0.3 is 10.4 Å². The van der Waals surface area contributed by atoms with Gasteiger partial charge in [0.05, 0.1) is 11.6 Å². The van der Waals surface area contributed by atoms with E-state index < -0.39 is 0 Å². The summed E-state index contributed by atoms with van der Waals surface area (Å²) >= 11 is 0. The highest BCUT2D eigenvalue weighted by Crippen LogP contribution is 2.22. The SMILES string of the molecule is CC(NC(C)c1cccc(O)c1)c1ccc(C#N)cc1. The Labute approximate surface area is 119 Å². The summed E-state index contributed by atoms with van der Waals surface area (Å²) in [7, 11) is 0. The number of phenols is 1. The summed E-state index contributed by atoms with van der Waals surface area (Å²) in [5.41, 5.74) is 2.85. The third-order valence-corrected chi connectivity index (χ3v) is 3.41. The lowest BCUT2D eigenvalue weighted by Gasteiger charge is -2.21. The Balaban J connectivity index is 2.06. The van der Waals surface area contributed by atoms with Crippen LogP contribution in [-0.2, 0) is 0 Å². The molecule has 0 radical (unpaired) electrons. The number of phenolic OH excluding ortho intramolecular Hbond substituents is 1. The Bertz CT molecular complexity index is 614. The molecular weight excluding hydrogens is 248 g/mol. The minimum atomic E-state index is 0.132. The second-order valence-electron chi connectivity index (χ2n) is 4.94.